The van der Waals surface area contributed by atoms with Crippen LogP contribution in [0.25, 0.3) is 6.08 Å². The fourth-order valence-corrected chi connectivity index (χ4v) is 3.29. The molecule has 0 radical (unpaired) electrons. The zero-order valence-corrected chi connectivity index (χ0v) is 12.1. The van der Waals surface area contributed by atoms with Gasteiger partial charge in [-0.1, -0.05) is 18.2 Å². The number of anilines is 1. The lowest BCUT2D eigenvalue weighted by Crippen LogP contribution is -2.26. The van der Waals surface area contributed by atoms with Crippen molar-refractivity contribution in [2.24, 2.45) is 0 Å². The summed E-state index contributed by atoms with van der Waals surface area (Å²) in [6.45, 7) is 3.10. The fraction of sp³-hybridized carbons (Fsp3) is 0.333. The van der Waals surface area contributed by atoms with E-state index in [0.717, 1.165) is 38.0 Å². The second kappa shape index (κ2) is 6.15. The lowest BCUT2D eigenvalue weighted by atomic mass is 10.2. The number of rotatable bonds is 3. The molecule has 3 rings (SSSR count). The number of hydrogen-bond donors (Lipinski definition) is 1. The smallest absolute Gasteiger partial charge is 0.180 e. The van der Waals surface area contributed by atoms with Gasteiger partial charge in [-0.3, -0.25) is 9.88 Å². The van der Waals surface area contributed by atoms with E-state index in [2.05, 4.69) is 33.1 Å². The number of nitrogen functional groups attached to an aromatic ring is 1. The van der Waals surface area contributed by atoms with Crippen LogP contribution in [0.2, 0.25) is 0 Å². The van der Waals surface area contributed by atoms with Crippen LogP contribution in [0.3, 0.4) is 0 Å². The Hall–Kier alpha value is -1.72. The van der Waals surface area contributed by atoms with Crippen LogP contribution in [0.4, 0.5) is 5.13 Å². The molecule has 0 saturated carbocycles. The molecule has 0 amide bonds. The van der Waals surface area contributed by atoms with E-state index >= 15 is 0 Å². The lowest BCUT2D eigenvalue weighted by molar-refractivity contribution is 0.318. The molecule has 0 saturated heterocycles. The molecule has 0 bridgehead atoms. The molecule has 104 valence electrons. The van der Waals surface area contributed by atoms with Crippen LogP contribution in [-0.4, -0.2) is 34.5 Å². The van der Waals surface area contributed by atoms with Gasteiger partial charge in [-0.25, -0.2) is 4.98 Å². The van der Waals surface area contributed by atoms with Crippen LogP contribution in [-0.2, 0) is 12.8 Å². The third kappa shape index (κ3) is 3.23. The van der Waals surface area contributed by atoms with Crippen molar-refractivity contribution in [2.75, 3.05) is 25.4 Å². The van der Waals surface area contributed by atoms with Gasteiger partial charge in [-0.15, -0.1) is 11.3 Å². The third-order valence-electron chi connectivity index (χ3n) is 3.47. The Balaban J connectivity index is 1.55. The van der Waals surface area contributed by atoms with Crippen molar-refractivity contribution in [3.63, 3.8) is 0 Å². The van der Waals surface area contributed by atoms with Crippen molar-refractivity contribution in [2.45, 2.75) is 12.8 Å². The Labute approximate surface area is 123 Å². The number of nitrogens with two attached hydrogens (primary N) is 1. The molecule has 5 heteroatoms. The van der Waals surface area contributed by atoms with Gasteiger partial charge in [0, 0.05) is 43.3 Å². The van der Waals surface area contributed by atoms with E-state index in [0.29, 0.717) is 5.13 Å². The standard InChI is InChI=1S/C15H18N4S/c16-15-18-13-5-9-19(10-6-14(13)20-15)8-2-4-12-3-1-7-17-11-12/h1-4,7,11H,5-6,8-10H2,(H2,16,18)/b4-2-. The number of pyridine rings is 1. The molecular weight excluding hydrogens is 268 g/mol. The summed E-state index contributed by atoms with van der Waals surface area (Å²) >= 11 is 1.64. The number of thiazole rings is 1. The maximum atomic E-state index is 5.77. The predicted molar refractivity (Wildman–Crippen MR) is 83.6 cm³/mol. The maximum absolute atomic E-state index is 5.77. The van der Waals surface area contributed by atoms with Crippen LogP contribution < -0.4 is 5.73 Å². The second-order valence-corrected chi connectivity index (χ2v) is 6.03. The van der Waals surface area contributed by atoms with Gasteiger partial charge in [-0.05, 0) is 18.1 Å². The first-order chi connectivity index (χ1) is 9.81. The monoisotopic (exact) mass is 286 g/mol. The fourth-order valence-electron chi connectivity index (χ4n) is 2.42. The van der Waals surface area contributed by atoms with E-state index in [9.17, 15) is 0 Å². The molecule has 3 heterocycles. The van der Waals surface area contributed by atoms with Crippen molar-refractivity contribution < 1.29 is 0 Å². The number of fused-ring (bicyclic) bond motifs is 1. The predicted octanol–water partition coefficient (Wildman–Crippen LogP) is 2.23. The van der Waals surface area contributed by atoms with Gasteiger partial charge in [0.25, 0.3) is 0 Å². The maximum Gasteiger partial charge on any atom is 0.180 e. The molecule has 0 aliphatic carbocycles. The number of aromatic nitrogens is 2. The Bertz CT molecular complexity index is 566. The topological polar surface area (TPSA) is 55.0 Å². The molecule has 0 fully saturated rings. The number of nitrogens with zero attached hydrogens (tertiary/aromatic N) is 3. The van der Waals surface area contributed by atoms with Gasteiger partial charge in [0.2, 0.25) is 0 Å². The van der Waals surface area contributed by atoms with Crippen LogP contribution in [0.1, 0.15) is 16.1 Å². The van der Waals surface area contributed by atoms with Crippen molar-refractivity contribution in [1.82, 2.24) is 14.9 Å². The molecule has 4 nitrogen and oxygen atoms in total. The highest BCUT2D eigenvalue weighted by Crippen LogP contribution is 2.24. The normalized spacial score (nSPS) is 16.2. The van der Waals surface area contributed by atoms with E-state index in [4.69, 9.17) is 5.73 Å². The van der Waals surface area contributed by atoms with Crippen molar-refractivity contribution in [1.29, 1.82) is 0 Å². The van der Waals surface area contributed by atoms with Gasteiger partial charge in [-0.2, -0.15) is 0 Å². The molecule has 0 unspecified atom stereocenters. The zero-order valence-electron chi connectivity index (χ0n) is 11.3. The molecule has 0 spiro atoms. The average Bonchev–Trinajstić information content (AvgIpc) is 2.72. The minimum absolute atomic E-state index is 0.708. The highest BCUT2D eigenvalue weighted by atomic mass is 32.1. The SMILES string of the molecule is Nc1nc2c(s1)CCN(C/C=C\c1cccnc1)CC2. The quantitative estimate of drug-likeness (QED) is 0.940. The summed E-state index contributed by atoms with van der Waals surface area (Å²) in [4.78, 5) is 12.3. The van der Waals surface area contributed by atoms with Crippen LogP contribution in [0, 0.1) is 0 Å². The van der Waals surface area contributed by atoms with Crippen molar-refractivity contribution in [3.05, 3.63) is 46.7 Å². The van der Waals surface area contributed by atoms with Gasteiger partial charge in [0.05, 0.1) is 5.69 Å². The van der Waals surface area contributed by atoms with E-state index in [1.54, 1.807) is 17.5 Å². The molecule has 0 atom stereocenters. The van der Waals surface area contributed by atoms with Crippen LogP contribution in [0.15, 0.2) is 30.6 Å². The zero-order chi connectivity index (χ0) is 13.8. The Kier molecular flexibility index (Phi) is 4.08. The molecule has 2 aromatic heterocycles. The average molecular weight is 286 g/mol. The number of hydrogen-bond acceptors (Lipinski definition) is 5. The first kappa shape index (κ1) is 13.3. The highest BCUT2D eigenvalue weighted by Gasteiger charge is 2.16. The van der Waals surface area contributed by atoms with Gasteiger partial charge in [0.1, 0.15) is 0 Å². The summed E-state index contributed by atoms with van der Waals surface area (Å²) in [5.74, 6) is 0. The van der Waals surface area contributed by atoms with E-state index in [1.807, 2.05) is 12.3 Å². The summed E-state index contributed by atoms with van der Waals surface area (Å²) in [5.41, 5.74) is 8.11. The van der Waals surface area contributed by atoms with E-state index in [-0.39, 0.29) is 0 Å². The Morgan fingerprint density at radius 3 is 3.10 bits per heavy atom. The highest BCUT2D eigenvalue weighted by molar-refractivity contribution is 7.15. The van der Waals surface area contributed by atoms with Crippen molar-refractivity contribution in [3.8, 4) is 0 Å². The summed E-state index contributed by atoms with van der Waals surface area (Å²) in [5, 5.41) is 0.708. The summed E-state index contributed by atoms with van der Waals surface area (Å²) in [7, 11) is 0. The van der Waals surface area contributed by atoms with E-state index < -0.39 is 0 Å². The second-order valence-electron chi connectivity index (χ2n) is 4.91. The molecule has 1 aliphatic heterocycles. The van der Waals surface area contributed by atoms with Gasteiger partial charge >= 0.3 is 0 Å². The van der Waals surface area contributed by atoms with Gasteiger partial charge in [0.15, 0.2) is 5.13 Å². The molecule has 2 aromatic rings. The largest absolute Gasteiger partial charge is 0.375 e. The molecule has 1 aliphatic rings. The minimum Gasteiger partial charge on any atom is -0.375 e. The summed E-state index contributed by atoms with van der Waals surface area (Å²) in [6, 6.07) is 4.02. The summed E-state index contributed by atoms with van der Waals surface area (Å²) < 4.78 is 0. The molecule has 2 N–H and O–H groups in total. The molecule has 0 aromatic carbocycles. The molecular formula is C15H18N4S. The lowest BCUT2D eigenvalue weighted by Gasteiger charge is -2.17. The third-order valence-corrected chi connectivity index (χ3v) is 4.46. The first-order valence-electron chi connectivity index (χ1n) is 6.84. The minimum atomic E-state index is 0.708. The molecule has 20 heavy (non-hydrogen) atoms. The Morgan fingerprint density at radius 2 is 2.25 bits per heavy atom. The van der Waals surface area contributed by atoms with E-state index in [1.165, 1.54) is 10.6 Å². The first-order valence-corrected chi connectivity index (χ1v) is 7.66. The summed E-state index contributed by atoms with van der Waals surface area (Å²) in [6.07, 6.45) is 10.1. The van der Waals surface area contributed by atoms with Gasteiger partial charge < -0.3 is 5.73 Å². The van der Waals surface area contributed by atoms with Crippen molar-refractivity contribution >= 4 is 22.5 Å². The van der Waals surface area contributed by atoms with Crippen LogP contribution >= 0.6 is 11.3 Å². The Morgan fingerprint density at radius 1 is 1.35 bits per heavy atom. The van der Waals surface area contributed by atoms with Crippen LogP contribution in [0.5, 0.6) is 0 Å².